The summed E-state index contributed by atoms with van der Waals surface area (Å²) >= 11 is 0. The molecule has 0 radical (unpaired) electrons. The monoisotopic (exact) mass is 312 g/mol. The van der Waals surface area contributed by atoms with Gasteiger partial charge in [-0.3, -0.25) is 4.79 Å². The summed E-state index contributed by atoms with van der Waals surface area (Å²) in [6.45, 7) is 1.24. The lowest BCUT2D eigenvalue weighted by Crippen LogP contribution is -2.54. The van der Waals surface area contributed by atoms with E-state index in [0.29, 0.717) is 24.6 Å². The maximum atomic E-state index is 12.8. The number of hydrogen-bond donors (Lipinski definition) is 0. The molecule has 23 heavy (non-hydrogen) atoms. The van der Waals surface area contributed by atoms with Crippen molar-refractivity contribution in [3.05, 3.63) is 42.1 Å². The summed E-state index contributed by atoms with van der Waals surface area (Å²) in [6.07, 6.45) is 4.58. The van der Waals surface area contributed by atoms with Gasteiger partial charge in [0.15, 0.2) is 11.5 Å². The van der Waals surface area contributed by atoms with Gasteiger partial charge in [-0.15, -0.1) is 0 Å². The molecule has 1 saturated carbocycles. The zero-order valence-corrected chi connectivity index (χ0v) is 13.0. The normalized spacial score (nSPS) is 24.3. The average molecular weight is 312 g/mol. The first-order valence-corrected chi connectivity index (χ1v) is 8.27. The summed E-state index contributed by atoms with van der Waals surface area (Å²) in [5.41, 5.74) is 1.31. The van der Waals surface area contributed by atoms with Crippen LogP contribution in [0, 0.1) is 0 Å². The van der Waals surface area contributed by atoms with Crippen LogP contribution in [0.3, 0.4) is 0 Å². The molecule has 0 N–H and O–H groups in total. The lowest BCUT2D eigenvalue weighted by Gasteiger charge is -2.43. The van der Waals surface area contributed by atoms with Crippen LogP contribution in [-0.2, 0) is 4.74 Å². The number of rotatable bonds is 2. The zero-order valence-electron chi connectivity index (χ0n) is 13.0. The van der Waals surface area contributed by atoms with E-state index in [9.17, 15) is 4.79 Å². The second-order valence-corrected chi connectivity index (χ2v) is 6.20. The maximum absolute atomic E-state index is 12.8. The Bertz CT molecular complexity index is 681. The molecular formula is C18H20N2O3. The van der Waals surface area contributed by atoms with E-state index in [0.717, 1.165) is 24.8 Å². The van der Waals surface area contributed by atoms with Crippen molar-refractivity contribution < 1.29 is 14.1 Å². The highest BCUT2D eigenvalue weighted by molar-refractivity contribution is 5.93. The van der Waals surface area contributed by atoms with E-state index < -0.39 is 0 Å². The van der Waals surface area contributed by atoms with Crippen LogP contribution in [0.5, 0.6) is 0 Å². The molecular weight excluding hydrogens is 292 g/mol. The van der Waals surface area contributed by atoms with Crippen LogP contribution < -0.4 is 0 Å². The molecule has 2 atom stereocenters. The first-order valence-electron chi connectivity index (χ1n) is 8.27. The van der Waals surface area contributed by atoms with E-state index in [1.807, 2.05) is 35.2 Å². The SMILES string of the molecule is O=C(c1cc(-c2ccccc2)on1)N1CCO[C@@H]2CCCC[C@@H]21. The van der Waals surface area contributed by atoms with Gasteiger partial charge in [0.2, 0.25) is 0 Å². The first-order chi connectivity index (χ1) is 11.3. The third-order valence-electron chi connectivity index (χ3n) is 4.78. The summed E-state index contributed by atoms with van der Waals surface area (Å²) in [6, 6.07) is 11.6. The number of fused-ring (bicyclic) bond motifs is 1. The molecule has 120 valence electrons. The molecule has 4 rings (SSSR count). The van der Waals surface area contributed by atoms with E-state index in [1.165, 1.54) is 6.42 Å². The number of amides is 1. The minimum absolute atomic E-state index is 0.0452. The van der Waals surface area contributed by atoms with E-state index in [-0.39, 0.29) is 18.1 Å². The molecule has 2 aromatic rings. The van der Waals surface area contributed by atoms with Crippen molar-refractivity contribution in [2.45, 2.75) is 37.8 Å². The Morgan fingerprint density at radius 1 is 1.17 bits per heavy atom. The molecule has 0 bridgehead atoms. The molecule has 1 aliphatic carbocycles. The predicted molar refractivity (Wildman–Crippen MR) is 85.0 cm³/mol. The number of carbonyl (C=O) groups is 1. The number of ether oxygens (including phenoxy) is 1. The fourth-order valence-corrected chi connectivity index (χ4v) is 3.61. The van der Waals surface area contributed by atoms with Crippen LogP contribution in [0.25, 0.3) is 11.3 Å². The topological polar surface area (TPSA) is 55.6 Å². The molecule has 1 aromatic heterocycles. The molecule has 2 heterocycles. The van der Waals surface area contributed by atoms with Gasteiger partial charge >= 0.3 is 0 Å². The Balaban J connectivity index is 1.56. The van der Waals surface area contributed by atoms with Gasteiger partial charge in [0.05, 0.1) is 18.8 Å². The van der Waals surface area contributed by atoms with Crippen molar-refractivity contribution in [1.29, 1.82) is 0 Å². The number of morpholine rings is 1. The van der Waals surface area contributed by atoms with E-state index >= 15 is 0 Å². The number of carbonyl (C=O) groups excluding carboxylic acids is 1. The van der Waals surface area contributed by atoms with Crippen LogP contribution in [0.15, 0.2) is 40.9 Å². The van der Waals surface area contributed by atoms with Crippen LogP contribution in [0.2, 0.25) is 0 Å². The van der Waals surface area contributed by atoms with E-state index in [2.05, 4.69) is 5.16 Å². The van der Waals surface area contributed by atoms with Gasteiger partial charge in [-0.25, -0.2) is 0 Å². The van der Waals surface area contributed by atoms with Crippen molar-refractivity contribution in [2.75, 3.05) is 13.2 Å². The Kier molecular flexibility index (Phi) is 3.87. The molecule has 0 unspecified atom stereocenters. The fourth-order valence-electron chi connectivity index (χ4n) is 3.61. The predicted octanol–water partition coefficient (Wildman–Crippen LogP) is 3.13. The molecule has 1 aliphatic heterocycles. The first kappa shape index (κ1) is 14.5. The fraction of sp³-hybridized carbons (Fsp3) is 0.444. The number of hydrogen-bond acceptors (Lipinski definition) is 4. The Hall–Kier alpha value is -2.14. The number of benzene rings is 1. The minimum Gasteiger partial charge on any atom is -0.374 e. The third-order valence-corrected chi connectivity index (χ3v) is 4.78. The minimum atomic E-state index is -0.0452. The second-order valence-electron chi connectivity index (χ2n) is 6.20. The van der Waals surface area contributed by atoms with E-state index in [4.69, 9.17) is 9.26 Å². The highest BCUT2D eigenvalue weighted by atomic mass is 16.5. The summed E-state index contributed by atoms with van der Waals surface area (Å²) < 4.78 is 11.2. The lowest BCUT2D eigenvalue weighted by atomic mass is 9.90. The molecule has 1 amide bonds. The van der Waals surface area contributed by atoms with Gasteiger partial charge in [-0.1, -0.05) is 48.3 Å². The van der Waals surface area contributed by atoms with Crippen LogP contribution >= 0.6 is 0 Å². The molecule has 2 fully saturated rings. The highest BCUT2D eigenvalue weighted by Crippen LogP contribution is 2.30. The van der Waals surface area contributed by atoms with Crippen molar-refractivity contribution in [3.63, 3.8) is 0 Å². The van der Waals surface area contributed by atoms with Gasteiger partial charge in [-0.2, -0.15) is 0 Å². The van der Waals surface area contributed by atoms with Gasteiger partial charge in [0, 0.05) is 18.2 Å². The zero-order chi connectivity index (χ0) is 15.6. The van der Waals surface area contributed by atoms with Gasteiger partial charge < -0.3 is 14.2 Å². The molecule has 0 spiro atoms. The third kappa shape index (κ3) is 2.77. The standard InChI is InChI=1S/C18H20N2O3/c21-18(20-10-11-22-16-9-5-4-8-15(16)20)14-12-17(23-19-14)13-6-2-1-3-7-13/h1-3,6-7,12,15-16H,4-5,8-11H2/t15-,16+/m0/s1. The summed E-state index contributed by atoms with van der Waals surface area (Å²) in [5.74, 6) is 0.582. The molecule has 5 heteroatoms. The van der Waals surface area contributed by atoms with Crippen LogP contribution in [-0.4, -0.2) is 41.3 Å². The van der Waals surface area contributed by atoms with Gasteiger partial charge in [0.25, 0.3) is 5.91 Å². The number of aromatic nitrogens is 1. The molecule has 1 saturated heterocycles. The second kappa shape index (κ2) is 6.16. The summed E-state index contributed by atoms with van der Waals surface area (Å²) in [5, 5.41) is 4.00. The maximum Gasteiger partial charge on any atom is 0.276 e. The molecule has 2 aliphatic rings. The Labute approximate surface area is 135 Å². The van der Waals surface area contributed by atoms with Gasteiger partial charge in [0.1, 0.15) is 0 Å². The van der Waals surface area contributed by atoms with Crippen molar-refractivity contribution in [1.82, 2.24) is 10.1 Å². The largest absolute Gasteiger partial charge is 0.374 e. The van der Waals surface area contributed by atoms with Crippen LogP contribution in [0.4, 0.5) is 0 Å². The smallest absolute Gasteiger partial charge is 0.276 e. The highest BCUT2D eigenvalue weighted by Gasteiger charge is 2.37. The lowest BCUT2D eigenvalue weighted by molar-refractivity contribution is -0.0755. The van der Waals surface area contributed by atoms with Crippen molar-refractivity contribution >= 4 is 5.91 Å². The Morgan fingerprint density at radius 2 is 2.00 bits per heavy atom. The summed E-state index contributed by atoms with van der Waals surface area (Å²) in [7, 11) is 0. The average Bonchev–Trinajstić information content (AvgIpc) is 3.11. The molecule has 1 aromatic carbocycles. The van der Waals surface area contributed by atoms with Gasteiger partial charge in [-0.05, 0) is 12.8 Å². The van der Waals surface area contributed by atoms with Crippen LogP contribution in [0.1, 0.15) is 36.2 Å². The quantitative estimate of drug-likeness (QED) is 0.855. The van der Waals surface area contributed by atoms with Crippen molar-refractivity contribution in [2.24, 2.45) is 0 Å². The van der Waals surface area contributed by atoms with Crippen molar-refractivity contribution in [3.8, 4) is 11.3 Å². The number of nitrogens with zero attached hydrogens (tertiary/aromatic N) is 2. The molecule has 5 nitrogen and oxygen atoms in total. The summed E-state index contributed by atoms with van der Waals surface area (Å²) in [4.78, 5) is 14.8. The van der Waals surface area contributed by atoms with E-state index in [1.54, 1.807) is 6.07 Å². The Morgan fingerprint density at radius 3 is 2.87 bits per heavy atom.